The Morgan fingerprint density at radius 2 is 2.25 bits per heavy atom. The van der Waals surface area contributed by atoms with Crippen molar-refractivity contribution in [3.05, 3.63) is 22.9 Å². The van der Waals surface area contributed by atoms with Crippen molar-refractivity contribution < 1.29 is 4.74 Å². The molecule has 5 nitrogen and oxygen atoms in total. The van der Waals surface area contributed by atoms with Gasteiger partial charge >= 0.3 is 0 Å². The van der Waals surface area contributed by atoms with Gasteiger partial charge in [0.1, 0.15) is 7.85 Å². The first kappa shape index (κ1) is 12.2. The lowest BCUT2D eigenvalue weighted by atomic mass is 9.91. The van der Waals surface area contributed by atoms with Gasteiger partial charge in [-0.25, -0.2) is 4.98 Å². The molecule has 0 atom stereocenters. The van der Waals surface area contributed by atoms with Crippen LogP contribution in [0.2, 0.25) is 0 Å². The molecule has 0 spiro atoms. The highest BCUT2D eigenvalue weighted by Crippen LogP contribution is 2.28. The van der Waals surface area contributed by atoms with E-state index in [2.05, 4.69) is 10.2 Å². The maximum Gasteiger partial charge on any atom is 0.243 e. The van der Waals surface area contributed by atoms with Crippen molar-refractivity contribution in [1.82, 2.24) is 9.88 Å². The van der Waals surface area contributed by atoms with E-state index in [1.165, 1.54) is 7.11 Å². The fraction of sp³-hybridized carbons (Fsp3) is 0.300. The lowest BCUT2D eigenvalue weighted by molar-refractivity contribution is 0.399. The summed E-state index contributed by atoms with van der Waals surface area (Å²) in [5.74, 6) is 0.249. The number of nitroso groups, excluding NO2 is 1. The van der Waals surface area contributed by atoms with E-state index in [1.54, 1.807) is 6.20 Å². The summed E-state index contributed by atoms with van der Waals surface area (Å²) >= 11 is 0. The minimum Gasteiger partial charge on any atom is -0.479 e. The quantitative estimate of drug-likeness (QED) is 0.539. The molecule has 0 aliphatic heterocycles. The number of ether oxygens (including phenoxy) is 1. The zero-order valence-corrected chi connectivity index (χ0v) is 9.89. The van der Waals surface area contributed by atoms with Gasteiger partial charge in [-0.15, -0.1) is 4.91 Å². The normalized spacial score (nSPS) is 10.4. The van der Waals surface area contributed by atoms with Gasteiger partial charge in [-0.1, -0.05) is 5.46 Å². The van der Waals surface area contributed by atoms with Crippen LogP contribution < -0.4 is 10.2 Å². The maximum absolute atomic E-state index is 10.8. The predicted molar refractivity (Wildman–Crippen MR) is 67.1 cm³/mol. The average molecular weight is 219 g/mol. The van der Waals surface area contributed by atoms with Gasteiger partial charge in [0, 0.05) is 25.9 Å². The van der Waals surface area contributed by atoms with Crippen LogP contribution in [-0.2, 0) is 0 Å². The Labute approximate surface area is 95.5 Å². The minimum atomic E-state index is 0.237. The summed E-state index contributed by atoms with van der Waals surface area (Å²) in [4.78, 5) is 16.7. The molecule has 1 rings (SSSR count). The number of methoxy groups -OCH3 is 1. The summed E-state index contributed by atoms with van der Waals surface area (Å²) in [6.45, 7) is 0. The lowest BCUT2D eigenvalue weighted by Gasteiger charge is -2.08. The third kappa shape index (κ3) is 2.59. The van der Waals surface area contributed by atoms with E-state index >= 15 is 0 Å². The van der Waals surface area contributed by atoms with E-state index < -0.39 is 0 Å². The minimum absolute atomic E-state index is 0.237. The molecule has 0 fully saturated rings. The van der Waals surface area contributed by atoms with Crippen molar-refractivity contribution in [2.75, 3.05) is 21.2 Å². The van der Waals surface area contributed by atoms with Gasteiger partial charge in [-0.2, -0.15) is 0 Å². The maximum atomic E-state index is 10.8. The molecule has 1 heterocycles. The Kier molecular flexibility index (Phi) is 4.05. The van der Waals surface area contributed by atoms with Gasteiger partial charge in [0.05, 0.1) is 7.11 Å². The second kappa shape index (κ2) is 5.30. The summed E-state index contributed by atoms with van der Waals surface area (Å²) in [7, 11) is 7.14. The molecule has 0 N–H and O–H groups in total. The molecule has 0 aromatic carbocycles. The van der Waals surface area contributed by atoms with Crippen LogP contribution >= 0.6 is 0 Å². The topological polar surface area (TPSA) is 54.8 Å². The van der Waals surface area contributed by atoms with Gasteiger partial charge < -0.3 is 9.64 Å². The van der Waals surface area contributed by atoms with Crippen LogP contribution in [0.5, 0.6) is 5.88 Å². The van der Waals surface area contributed by atoms with Crippen LogP contribution in [0.25, 0.3) is 6.08 Å². The highest BCUT2D eigenvalue weighted by Gasteiger charge is 2.11. The Morgan fingerprint density at radius 3 is 2.75 bits per heavy atom. The Bertz CT molecular complexity index is 419. The van der Waals surface area contributed by atoms with Crippen LogP contribution in [0.3, 0.4) is 0 Å². The summed E-state index contributed by atoms with van der Waals surface area (Å²) in [5.41, 5.74) is 1.85. The molecular formula is C10H14BN3O2. The molecule has 1 aromatic heterocycles. The molecule has 0 radical (unpaired) electrons. The smallest absolute Gasteiger partial charge is 0.243 e. The van der Waals surface area contributed by atoms with Crippen LogP contribution in [0, 0.1) is 4.91 Å². The van der Waals surface area contributed by atoms with Crippen molar-refractivity contribution in [1.29, 1.82) is 0 Å². The van der Waals surface area contributed by atoms with Crippen LogP contribution in [0.4, 0.5) is 5.69 Å². The molecule has 0 bridgehead atoms. The molecule has 0 amide bonds. The van der Waals surface area contributed by atoms with Crippen molar-refractivity contribution in [2.24, 2.45) is 5.18 Å². The van der Waals surface area contributed by atoms with Gasteiger partial charge in [0.15, 0.2) is 5.69 Å². The monoisotopic (exact) mass is 219 g/mol. The van der Waals surface area contributed by atoms with Crippen molar-refractivity contribution in [3.8, 4) is 5.88 Å². The first-order chi connectivity index (χ1) is 7.60. The van der Waals surface area contributed by atoms with E-state index in [1.807, 2.05) is 39.1 Å². The van der Waals surface area contributed by atoms with Crippen molar-refractivity contribution >= 4 is 25.1 Å². The summed E-state index contributed by atoms with van der Waals surface area (Å²) in [5, 5.41) is 2.97. The molecule has 0 saturated heterocycles. The Balaban J connectivity index is 3.28. The molecule has 0 aliphatic carbocycles. The number of rotatable bonds is 4. The number of nitrogens with zero attached hydrogens (tertiary/aromatic N) is 3. The summed E-state index contributed by atoms with van der Waals surface area (Å²) in [6.07, 6.45) is 5.32. The van der Waals surface area contributed by atoms with Gasteiger partial charge in [0.2, 0.25) is 5.88 Å². The SMILES string of the molecule is Bc1cnc(OC)c(N=O)c1/C=C/N(C)C. The fourth-order valence-electron chi connectivity index (χ4n) is 1.26. The van der Waals surface area contributed by atoms with Crippen LogP contribution in [-0.4, -0.2) is 38.9 Å². The molecule has 1 aromatic rings. The largest absolute Gasteiger partial charge is 0.479 e. The third-order valence-corrected chi connectivity index (χ3v) is 2.08. The van der Waals surface area contributed by atoms with Crippen LogP contribution in [0.15, 0.2) is 17.6 Å². The molecule has 16 heavy (non-hydrogen) atoms. The van der Waals surface area contributed by atoms with Gasteiger partial charge in [0.25, 0.3) is 0 Å². The van der Waals surface area contributed by atoms with E-state index in [9.17, 15) is 4.91 Å². The second-order valence-corrected chi connectivity index (χ2v) is 3.58. The lowest BCUT2D eigenvalue weighted by Crippen LogP contribution is -2.10. The molecule has 84 valence electrons. The molecule has 6 heteroatoms. The highest BCUT2D eigenvalue weighted by molar-refractivity contribution is 6.34. The van der Waals surface area contributed by atoms with E-state index in [4.69, 9.17) is 4.74 Å². The number of aromatic nitrogens is 1. The third-order valence-electron chi connectivity index (χ3n) is 2.08. The highest BCUT2D eigenvalue weighted by atomic mass is 16.5. The Hall–Kier alpha value is -1.85. The summed E-state index contributed by atoms with van der Waals surface area (Å²) in [6, 6.07) is 0. The predicted octanol–water partition coefficient (Wildman–Crippen LogP) is 0.279. The second-order valence-electron chi connectivity index (χ2n) is 3.58. The van der Waals surface area contributed by atoms with Crippen LogP contribution in [0.1, 0.15) is 5.56 Å². The average Bonchev–Trinajstić information content (AvgIpc) is 2.26. The first-order valence-corrected chi connectivity index (χ1v) is 4.81. The number of hydrogen-bond acceptors (Lipinski definition) is 5. The van der Waals surface area contributed by atoms with E-state index in [0.29, 0.717) is 0 Å². The van der Waals surface area contributed by atoms with E-state index in [0.717, 1.165) is 11.0 Å². The summed E-state index contributed by atoms with van der Waals surface area (Å²) < 4.78 is 4.99. The first-order valence-electron chi connectivity index (χ1n) is 4.81. The number of hydrogen-bond donors (Lipinski definition) is 0. The van der Waals surface area contributed by atoms with Crippen molar-refractivity contribution in [3.63, 3.8) is 0 Å². The zero-order valence-electron chi connectivity index (χ0n) is 9.89. The van der Waals surface area contributed by atoms with Crippen molar-refractivity contribution in [2.45, 2.75) is 0 Å². The van der Waals surface area contributed by atoms with E-state index in [-0.39, 0.29) is 11.6 Å². The molecule has 0 aliphatic rings. The standard InChI is InChI=1S/C10H14BN3O2/c1-14(2)5-4-7-8(11)6-12-10(16-3)9(7)13-15/h4-6H,11H2,1-3H3/b5-4+. The molecule has 0 unspecified atom stereocenters. The zero-order chi connectivity index (χ0) is 12.1. The molecular weight excluding hydrogens is 205 g/mol. The fourth-order valence-corrected chi connectivity index (χ4v) is 1.26. The number of pyridine rings is 1. The van der Waals surface area contributed by atoms with Gasteiger partial charge in [-0.05, 0) is 17.5 Å². The Morgan fingerprint density at radius 1 is 1.56 bits per heavy atom. The van der Waals surface area contributed by atoms with Gasteiger partial charge in [-0.3, -0.25) is 0 Å². The molecule has 0 saturated carbocycles.